The van der Waals surface area contributed by atoms with Crippen molar-refractivity contribution in [2.24, 2.45) is 0 Å². The number of hydrogen-bond acceptors (Lipinski definition) is 4. The Kier molecular flexibility index (Phi) is 15.8. The first-order chi connectivity index (χ1) is 6.72. The summed E-state index contributed by atoms with van der Waals surface area (Å²) in [5, 5.41) is 16.1. The van der Waals surface area contributed by atoms with Crippen molar-refractivity contribution in [2.75, 3.05) is 19.8 Å². The Morgan fingerprint density at radius 1 is 1.29 bits per heavy atom. The molecule has 0 aromatic rings. The second kappa shape index (κ2) is 14.4. The van der Waals surface area contributed by atoms with Crippen molar-refractivity contribution in [3.8, 4) is 0 Å². The van der Waals surface area contributed by atoms with Crippen LogP contribution in [0.4, 0.5) is 0 Å². The molecule has 0 bridgehead atoms. The Labute approximate surface area is 84.5 Å². The third-order valence-corrected chi connectivity index (χ3v) is 1.09. The highest BCUT2D eigenvalue weighted by molar-refractivity contribution is 5.81. The van der Waals surface area contributed by atoms with Crippen molar-refractivity contribution in [1.82, 2.24) is 0 Å². The van der Waals surface area contributed by atoms with Crippen molar-refractivity contribution < 1.29 is 19.7 Å². The van der Waals surface area contributed by atoms with Crippen LogP contribution < -0.4 is 0 Å². The molecule has 0 saturated heterocycles. The highest BCUT2D eigenvalue weighted by Gasteiger charge is 1.92. The van der Waals surface area contributed by atoms with Gasteiger partial charge in [0.2, 0.25) is 0 Å². The Hall–Kier alpha value is -1.13. The molecule has 0 saturated carbocycles. The SMILES string of the molecule is C=CC(=O)OCCCCO.C=CCO. The van der Waals surface area contributed by atoms with E-state index >= 15 is 0 Å². The summed E-state index contributed by atoms with van der Waals surface area (Å²) in [5.74, 6) is -0.405. The van der Waals surface area contributed by atoms with E-state index in [4.69, 9.17) is 10.2 Å². The van der Waals surface area contributed by atoms with Crippen LogP contribution in [-0.2, 0) is 9.53 Å². The summed E-state index contributed by atoms with van der Waals surface area (Å²) < 4.78 is 4.63. The molecule has 0 radical (unpaired) electrons. The third-order valence-electron chi connectivity index (χ3n) is 1.09. The maximum atomic E-state index is 10.4. The van der Waals surface area contributed by atoms with Crippen LogP contribution in [0.3, 0.4) is 0 Å². The summed E-state index contributed by atoms with van der Waals surface area (Å²) >= 11 is 0. The van der Waals surface area contributed by atoms with Gasteiger partial charge in [-0.25, -0.2) is 4.79 Å². The summed E-state index contributed by atoms with van der Waals surface area (Å²) in [6, 6.07) is 0. The van der Waals surface area contributed by atoms with Gasteiger partial charge in [-0.2, -0.15) is 0 Å². The predicted octanol–water partition coefficient (Wildman–Crippen LogP) is 0.653. The molecule has 0 aromatic heterocycles. The van der Waals surface area contributed by atoms with E-state index in [1.54, 1.807) is 0 Å². The number of rotatable bonds is 6. The molecule has 0 heterocycles. The van der Waals surface area contributed by atoms with E-state index in [1.165, 1.54) is 6.08 Å². The molecule has 2 N–H and O–H groups in total. The number of carbonyl (C=O) groups excluding carboxylic acids is 1. The van der Waals surface area contributed by atoms with Crippen LogP contribution in [-0.4, -0.2) is 36.0 Å². The molecule has 0 aliphatic rings. The highest BCUT2D eigenvalue weighted by Crippen LogP contribution is 1.88. The highest BCUT2D eigenvalue weighted by atomic mass is 16.5. The van der Waals surface area contributed by atoms with Gasteiger partial charge in [-0.15, -0.1) is 6.58 Å². The van der Waals surface area contributed by atoms with E-state index in [0.717, 1.165) is 6.08 Å². The molecule has 0 spiro atoms. The van der Waals surface area contributed by atoms with Gasteiger partial charge in [-0.3, -0.25) is 0 Å². The average molecular weight is 202 g/mol. The number of ether oxygens (including phenoxy) is 1. The van der Waals surface area contributed by atoms with E-state index in [9.17, 15) is 4.79 Å². The largest absolute Gasteiger partial charge is 0.463 e. The van der Waals surface area contributed by atoms with Crippen LogP contribution in [0.5, 0.6) is 0 Å². The molecule has 0 aliphatic heterocycles. The Bertz CT molecular complexity index is 154. The minimum atomic E-state index is -0.405. The van der Waals surface area contributed by atoms with Gasteiger partial charge in [0.15, 0.2) is 0 Å². The van der Waals surface area contributed by atoms with Gasteiger partial charge in [0, 0.05) is 12.7 Å². The lowest BCUT2D eigenvalue weighted by molar-refractivity contribution is -0.137. The van der Waals surface area contributed by atoms with Gasteiger partial charge >= 0.3 is 5.97 Å². The lowest BCUT2D eigenvalue weighted by atomic mass is 10.3. The standard InChI is InChI=1S/C7H12O3.C3H6O/c1-2-7(9)10-6-4-3-5-8;1-2-3-4/h2,8H,1,3-6H2;2,4H,1,3H2. The van der Waals surface area contributed by atoms with Crippen LogP contribution in [0.2, 0.25) is 0 Å². The summed E-state index contributed by atoms with van der Waals surface area (Å²) in [6.07, 6.45) is 3.93. The maximum Gasteiger partial charge on any atom is 0.330 e. The summed E-state index contributed by atoms with van der Waals surface area (Å²) in [7, 11) is 0. The van der Waals surface area contributed by atoms with Crippen LogP contribution in [0.25, 0.3) is 0 Å². The summed E-state index contributed by atoms with van der Waals surface area (Å²) in [6.45, 7) is 7.06. The van der Waals surface area contributed by atoms with E-state index < -0.39 is 5.97 Å². The molecule has 0 aliphatic carbocycles. The monoisotopic (exact) mass is 202 g/mol. The van der Waals surface area contributed by atoms with Crippen molar-refractivity contribution in [1.29, 1.82) is 0 Å². The zero-order valence-corrected chi connectivity index (χ0v) is 8.32. The van der Waals surface area contributed by atoms with Crippen LogP contribution >= 0.6 is 0 Å². The molecule has 4 heteroatoms. The number of aliphatic hydroxyl groups is 2. The zero-order valence-electron chi connectivity index (χ0n) is 8.32. The second-order valence-corrected chi connectivity index (χ2v) is 2.27. The van der Waals surface area contributed by atoms with Gasteiger partial charge in [0.25, 0.3) is 0 Å². The first kappa shape index (κ1) is 15.3. The summed E-state index contributed by atoms with van der Waals surface area (Å²) in [5.41, 5.74) is 0. The number of hydrogen-bond donors (Lipinski definition) is 2. The van der Waals surface area contributed by atoms with Gasteiger partial charge < -0.3 is 14.9 Å². The molecule has 82 valence electrons. The normalized spacial score (nSPS) is 8.14. The van der Waals surface area contributed by atoms with Crippen molar-refractivity contribution in [3.63, 3.8) is 0 Å². The molecule has 0 rings (SSSR count). The van der Waals surface area contributed by atoms with Crippen molar-refractivity contribution in [3.05, 3.63) is 25.3 Å². The zero-order chi connectivity index (χ0) is 11.2. The molecule has 4 nitrogen and oxygen atoms in total. The molecule has 14 heavy (non-hydrogen) atoms. The molecule has 0 aromatic carbocycles. The average Bonchev–Trinajstić information content (AvgIpc) is 2.24. The maximum absolute atomic E-state index is 10.4. The van der Waals surface area contributed by atoms with E-state index in [1.807, 2.05) is 0 Å². The van der Waals surface area contributed by atoms with Gasteiger partial charge in [0.1, 0.15) is 0 Å². The molecule has 0 unspecified atom stereocenters. The van der Waals surface area contributed by atoms with E-state index in [0.29, 0.717) is 19.4 Å². The van der Waals surface area contributed by atoms with E-state index in [-0.39, 0.29) is 13.2 Å². The topological polar surface area (TPSA) is 66.8 Å². The first-order valence-electron chi connectivity index (χ1n) is 4.34. The Morgan fingerprint density at radius 2 is 1.86 bits per heavy atom. The number of aliphatic hydroxyl groups excluding tert-OH is 2. The minimum absolute atomic E-state index is 0.0833. The smallest absolute Gasteiger partial charge is 0.330 e. The predicted molar refractivity (Wildman–Crippen MR) is 54.8 cm³/mol. The minimum Gasteiger partial charge on any atom is -0.463 e. The lowest BCUT2D eigenvalue weighted by Gasteiger charge is -1.98. The molecular formula is C10H18O4. The van der Waals surface area contributed by atoms with Crippen LogP contribution in [0, 0.1) is 0 Å². The van der Waals surface area contributed by atoms with Gasteiger partial charge in [0.05, 0.1) is 13.2 Å². The van der Waals surface area contributed by atoms with E-state index in [2.05, 4.69) is 17.9 Å². The fourth-order valence-electron chi connectivity index (χ4n) is 0.446. The number of unbranched alkanes of at least 4 members (excludes halogenated alkanes) is 1. The first-order valence-corrected chi connectivity index (χ1v) is 4.34. The molecular weight excluding hydrogens is 184 g/mol. The van der Waals surface area contributed by atoms with Gasteiger partial charge in [-0.05, 0) is 12.8 Å². The number of esters is 1. The Balaban J connectivity index is 0. The number of carbonyl (C=O) groups is 1. The molecule has 0 amide bonds. The lowest BCUT2D eigenvalue weighted by Crippen LogP contribution is -2.02. The van der Waals surface area contributed by atoms with Crippen LogP contribution in [0.15, 0.2) is 25.3 Å². The Morgan fingerprint density at radius 3 is 2.21 bits per heavy atom. The van der Waals surface area contributed by atoms with Gasteiger partial charge in [-0.1, -0.05) is 12.7 Å². The fourth-order valence-corrected chi connectivity index (χ4v) is 0.446. The molecule has 0 atom stereocenters. The van der Waals surface area contributed by atoms with Crippen molar-refractivity contribution in [2.45, 2.75) is 12.8 Å². The fraction of sp³-hybridized carbons (Fsp3) is 0.500. The summed E-state index contributed by atoms with van der Waals surface area (Å²) in [4.78, 5) is 10.4. The molecule has 0 fully saturated rings. The quantitative estimate of drug-likeness (QED) is 0.287. The second-order valence-electron chi connectivity index (χ2n) is 2.27. The third kappa shape index (κ3) is 17.1. The van der Waals surface area contributed by atoms with Crippen LogP contribution in [0.1, 0.15) is 12.8 Å². The van der Waals surface area contributed by atoms with Crippen molar-refractivity contribution >= 4 is 5.97 Å².